The molecule has 0 aromatic rings. The number of carbonyl (C=O) groups is 1. The lowest BCUT2D eigenvalue weighted by Crippen LogP contribution is -2.32. The first-order valence-corrected chi connectivity index (χ1v) is 6.97. The van der Waals surface area contributed by atoms with E-state index >= 15 is 0 Å². The average molecular weight is 283 g/mol. The summed E-state index contributed by atoms with van der Waals surface area (Å²) < 4.78 is 43.3. The third-order valence-corrected chi connectivity index (χ3v) is 1.93. The average Bonchev–Trinajstić information content (AvgIpc) is 2.10. The predicted molar refractivity (Wildman–Crippen MR) is 64.2 cm³/mol. The molecule has 0 unspecified atom stereocenters. The van der Waals surface area contributed by atoms with Gasteiger partial charge in [0.25, 0.3) is 10.1 Å². The largest absolute Gasteiger partial charge is 0.444 e. The van der Waals surface area contributed by atoms with Crippen molar-refractivity contribution in [3.63, 3.8) is 0 Å². The van der Waals surface area contributed by atoms with Gasteiger partial charge in [-0.05, 0) is 26.8 Å². The van der Waals surface area contributed by atoms with Gasteiger partial charge in [-0.2, -0.15) is 8.42 Å². The highest BCUT2D eigenvalue weighted by Gasteiger charge is 2.15. The van der Waals surface area contributed by atoms with Gasteiger partial charge in [-0.1, -0.05) is 0 Å². The zero-order valence-electron chi connectivity index (χ0n) is 10.8. The van der Waals surface area contributed by atoms with Crippen molar-refractivity contribution in [3.05, 3.63) is 11.9 Å². The molecule has 0 rings (SSSR count). The molecular formula is C10H18FNO5S. The minimum absolute atomic E-state index is 0.117. The summed E-state index contributed by atoms with van der Waals surface area (Å²) in [6.45, 7) is 4.29. The fourth-order valence-corrected chi connectivity index (χ4v) is 1.11. The SMILES string of the molecule is CC(C)(C)OC(=O)NCC=C(F)COS(C)(=O)=O. The van der Waals surface area contributed by atoms with Gasteiger partial charge in [-0.25, -0.2) is 9.18 Å². The van der Waals surface area contributed by atoms with Crippen molar-refractivity contribution in [2.24, 2.45) is 0 Å². The summed E-state index contributed by atoms with van der Waals surface area (Å²) in [6.07, 6.45) is 1.13. The van der Waals surface area contributed by atoms with Gasteiger partial charge in [0, 0.05) is 6.54 Å². The van der Waals surface area contributed by atoms with Crippen molar-refractivity contribution in [1.82, 2.24) is 5.32 Å². The first kappa shape index (κ1) is 16.9. The van der Waals surface area contributed by atoms with Crippen molar-refractivity contribution in [2.45, 2.75) is 26.4 Å². The molecule has 0 radical (unpaired) electrons. The molecule has 8 heteroatoms. The molecule has 0 aromatic carbocycles. The Kier molecular flexibility index (Phi) is 6.27. The van der Waals surface area contributed by atoms with Gasteiger partial charge >= 0.3 is 6.09 Å². The van der Waals surface area contributed by atoms with Gasteiger partial charge in [-0.3, -0.25) is 4.18 Å². The summed E-state index contributed by atoms with van der Waals surface area (Å²) in [5, 5.41) is 2.28. The van der Waals surface area contributed by atoms with Gasteiger partial charge < -0.3 is 10.1 Å². The number of carbonyl (C=O) groups excluding carboxylic acids is 1. The Labute approximate surface area is 106 Å². The van der Waals surface area contributed by atoms with E-state index in [1.807, 2.05) is 0 Å². The molecule has 18 heavy (non-hydrogen) atoms. The molecule has 0 saturated heterocycles. The predicted octanol–water partition coefficient (Wildman–Crippen LogP) is 1.34. The fraction of sp³-hybridized carbons (Fsp3) is 0.700. The Bertz CT molecular complexity index is 410. The highest BCUT2D eigenvalue weighted by Crippen LogP contribution is 2.06. The zero-order chi connectivity index (χ0) is 14.4. The summed E-state index contributed by atoms with van der Waals surface area (Å²) in [5.74, 6) is -0.795. The summed E-state index contributed by atoms with van der Waals surface area (Å²) in [5.41, 5.74) is -0.633. The third kappa shape index (κ3) is 11.3. The monoisotopic (exact) mass is 283 g/mol. The van der Waals surface area contributed by atoms with E-state index in [1.54, 1.807) is 20.8 Å². The van der Waals surface area contributed by atoms with E-state index in [9.17, 15) is 17.6 Å². The van der Waals surface area contributed by atoms with Gasteiger partial charge in [0.2, 0.25) is 0 Å². The second kappa shape index (κ2) is 6.69. The van der Waals surface area contributed by atoms with Crippen molar-refractivity contribution in [1.29, 1.82) is 0 Å². The third-order valence-electron chi connectivity index (χ3n) is 1.38. The molecule has 0 atom stereocenters. The molecule has 0 spiro atoms. The lowest BCUT2D eigenvalue weighted by atomic mass is 10.2. The van der Waals surface area contributed by atoms with Crippen LogP contribution in [0.5, 0.6) is 0 Å². The van der Waals surface area contributed by atoms with Crippen molar-refractivity contribution < 1.29 is 26.5 Å². The van der Waals surface area contributed by atoms with E-state index in [4.69, 9.17) is 4.74 Å². The van der Waals surface area contributed by atoms with E-state index in [1.165, 1.54) is 0 Å². The zero-order valence-corrected chi connectivity index (χ0v) is 11.6. The number of hydrogen-bond acceptors (Lipinski definition) is 5. The highest BCUT2D eigenvalue weighted by atomic mass is 32.2. The Morgan fingerprint density at radius 2 is 1.94 bits per heavy atom. The van der Waals surface area contributed by atoms with Gasteiger partial charge in [0.15, 0.2) is 0 Å². The van der Waals surface area contributed by atoms with Gasteiger partial charge in [0.1, 0.15) is 18.0 Å². The Morgan fingerprint density at radius 3 is 2.39 bits per heavy atom. The van der Waals surface area contributed by atoms with E-state index in [2.05, 4.69) is 9.50 Å². The van der Waals surface area contributed by atoms with Crippen LogP contribution in [0.4, 0.5) is 9.18 Å². The summed E-state index contributed by atoms with van der Waals surface area (Å²) in [6, 6.07) is 0. The molecule has 0 heterocycles. The van der Waals surface area contributed by atoms with E-state index in [-0.39, 0.29) is 6.54 Å². The maximum absolute atomic E-state index is 13.0. The minimum Gasteiger partial charge on any atom is -0.444 e. The summed E-state index contributed by atoms with van der Waals surface area (Å²) in [4.78, 5) is 11.1. The number of alkyl carbamates (subject to hydrolysis) is 1. The lowest BCUT2D eigenvalue weighted by Gasteiger charge is -2.19. The fourth-order valence-electron chi connectivity index (χ4n) is 0.782. The van der Waals surface area contributed by atoms with E-state index in [0.29, 0.717) is 0 Å². The van der Waals surface area contributed by atoms with Crippen LogP contribution in [0.1, 0.15) is 20.8 Å². The van der Waals surface area contributed by atoms with Crippen LogP contribution in [0, 0.1) is 0 Å². The topological polar surface area (TPSA) is 81.7 Å². The molecule has 0 bridgehead atoms. The number of rotatable bonds is 5. The van der Waals surface area contributed by atoms with Crippen LogP contribution in [-0.2, 0) is 19.0 Å². The highest BCUT2D eigenvalue weighted by molar-refractivity contribution is 7.85. The maximum Gasteiger partial charge on any atom is 0.407 e. The summed E-state index contributed by atoms with van der Waals surface area (Å²) >= 11 is 0. The molecule has 0 aromatic heterocycles. The maximum atomic E-state index is 13.0. The van der Waals surface area contributed by atoms with Crippen LogP contribution >= 0.6 is 0 Å². The normalized spacial score (nSPS) is 13.3. The number of hydrogen-bond donors (Lipinski definition) is 1. The molecule has 1 amide bonds. The number of halogens is 1. The van der Waals surface area contributed by atoms with E-state index in [0.717, 1.165) is 12.3 Å². The Hall–Kier alpha value is -1.15. The van der Waals surface area contributed by atoms with Crippen molar-refractivity contribution >= 4 is 16.2 Å². The number of ether oxygens (including phenoxy) is 1. The number of nitrogens with one attached hydrogen (secondary N) is 1. The summed E-state index contributed by atoms with van der Waals surface area (Å²) in [7, 11) is -3.68. The van der Waals surface area contributed by atoms with Gasteiger partial charge in [0.05, 0.1) is 6.26 Å². The number of amides is 1. The smallest absolute Gasteiger partial charge is 0.407 e. The van der Waals surface area contributed by atoms with Crippen LogP contribution in [0.3, 0.4) is 0 Å². The molecule has 1 N–H and O–H groups in total. The molecule has 0 aliphatic rings. The molecule has 106 valence electrons. The van der Waals surface area contributed by atoms with Gasteiger partial charge in [-0.15, -0.1) is 0 Å². The van der Waals surface area contributed by atoms with Crippen LogP contribution < -0.4 is 5.32 Å². The second-order valence-electron chi connectivity index (χ2n) is 4.50. The molecule has 0 fully saturated rings. The van der Waals surface area contributed by atoms with Crippen LogP contribution in [-0.4, -0.2) is 39.5 Å². The first-order chi connectivity index (χ1) is 7.99. The van der Waals surface area contributed by atoms with Crippen molar-refractivity contribution in [3.8, 4) is 0 Å². The van der Waals surface area contributed by atoms with Crippen LogP contribution in [0.2, 0.25) is 0 Å². The molecule has 0 saturated carbocycles. The molecule has 0 aliphatic heterocycles. The van der Waals surface area contributed by atoms with Crippen molar-refractivity contribution in [2.75, 3.05) is 19.4 Å². The molecule has 0 aliphatic carbocycles. The first-order valence-electron chi connectivity index (χ1n) is 5.15. The van der Waals surface area contributed by atoms with Crippen LogP contribution in [0.15, 0.2) is 11.9 Å². The lowest BCUT2D eigenvalue weighted by molar-refractivity contribution is 0.0533. The minimum atomic E-state index is -3.68. The second-order valence-corrected chi connectivity index (χ2v) is 6.14. The quantitative estimate of drug-likeness (QED) is 0.770. The molecular weight excluding hydrogens is 265 g/mol. The van der Waals surface area contributed by atoms with Crippen LogP contribution in [0.25, 0.3) is 0 Å². The Morgan fingerprint density at radius 1 is 1.39 bits per heavy atom. The molecule has 6 nitrogen and oxygen atoms in total. The standard InChI is InChI=1S/C10H18FNO5S/c1-10(2,3)17-9(13)12-6-5-8(11)7-16-18(4,14)15/h5H,6-7H2,1-4H3,(H,12,13). The Balaban J connectivity index is 3.98. The van der Waals surface area contributed by atoms with E-state index < -0.39 is 34.2 Å².